The van der Waals surface area contributed by atoms with Crippen molar-refractivity contribution in [3.63, 3.8) is 0 Å². The Kier molecular flexibility index (Phi) is 5.71. The fourth-order valence-corrected chi connectivity index (χ4v) is 2.27. The van der Waals surface area contributed by atoms with Crippen LogP contribution >= 0.6 is 11.6 Å². The highest BCUT2D eigenvalue weighted by Crippen LogP contribution is 2.39. The third-order valence-corrected chi connectivity index (χ3v) is 3.48. The molecule has 0 unspecified atom stereocenters. The lowest BCUT2D eigenvalue weighted by molar-refractivity contribution is -0.115. The molecule has 122 valence electrons. The number of anilines is 1. The summed E-state index contributed by atoms with van der Waals surface area (Å²) in [6.45, 7) is 0. The monoisotopic (exact) mass is 335 g/mol. The summed E-state index contributed by atoms with van der Waals surface area (Å²) in [5.41, 5.74) is 1.44. The van der Waals surface area contributed by atoms with Gasteiger partial charge in [0.1, 0.15) is 0 Å². The van der Waals surface area contributed by atoms with Crippen molar-refractivity contribution in [2.24, 2.45) is 0 Å². The van der Waals surface area contributed by atoms with Crippen LogP contribution in [0.25, 0.3) is 0 Å². The van der Waals surface area contributed by atoms with Crippen LogP contribution in [-0.2, 0) is 11.2 Å². The molecule has 6 heteroatoms. The van der Waals surface area contributed by atoms with Gasteiger partial charge in [-0.25, -0.2) is 0 Å². The zero-order valence-corrected chi connectivity index (χ0v) is 13.9. The molecule has 2 aromatic rings. The second-order valence-corrected chi connectivity index (χ2v) is 5.20. The number of hydrogen-bond acceptors (Lipinski definition) is 4. The van der Waals surface area contributed by atoms with E-state index in [-0.39, 0.29) is 12.3 Å². The van der Waals surface area contributed by atoms with Crippen molar-refractivity contribution in [2.45, 2.75) is 6.42 Å². The molecule has 0 bridgehead atoms. The molecule has 5 nitrogen and oxygen atoms in total. The fraction of sp³-hybridized carbons (Fsp3) is 0.235. The van der Waals surface area contributed by atoms with E-state index in [0.717, 1.165) is 5.56 Å². The topological polar surface area (TPSA) is 56.8 Å². The summed E-state index contributed by atoms with van der Waals surface area (Å²) < 4.78 is 15.8. The number of amides is 1. The molecule has 0 radical (unpaired) electrons. The first-order chi connectivity index (χ1) is 11.1. The SMILES string of the molecule is COc1cc(NC(=O)Cc2ccc(Cl)cc2)cc(OC)c1OC. The third kappa shape index (κ3) is 4.29. The van der Waals surface area contributed by atoms with E-state index in [0.29, 0.717) is 28.0 Å². The maximum atomic E-state index is 12.2. The van der Waals surface area contributed by atoms with Gasteiger partial charge in [0.25, 0.3) is 0 Å². The van der Waals surface area contributed by atoms with Gasteiger partial charge in [0.15, 0.2) is 11.5 Å². The standard InChI is InChI=1S/C17H18ClNO4/c1-21-14-9-13(10-15(22-2)17(14)23-3)19-16(20)8-11-4-6-12(18)7-5-11/h4-7,9-10H,8H2,1-3H3,(H,19,20). The van der Waals surface area contributed by atoms with Gasteiger partial charge in [-0.2, -0.15) is 0 Å². The van der Waals surface area contributed by atoms with E-state index in [4.69, 9.17) is 25.8 Å². The number of ether oxygens (including phenoxy) is 3. The first-order valence-electron chi connectivity index (χ1n) is 6.91. The van der Waals surface area contributed by atoms with E-state index in [9.17, 15) is 4.79 Å². The van der Waals surface area contributed by atoms with E-state index in [1.165, 1.54) is 21.3 Å². The first-order valence-corrected chi connectivity index (χ1v) is 7.29. The van der Waals surface area contributed by atoms with Crippen molar-refractivity contribution in [3.05, 3.63) is 47.0 Å². The van der Waals surface area contributed by atoms with Crippen LogP contribution in [0.5, 0.6) is 17.2 Å². The van der Waals surface area contributed by atoms with Crippen molar-refractivity contribution in [1.29, 1.82) is 0 Å². The fourth-order valence-electron chi connectivity index (χ4n) is 2.15. The van der Waals surface area contributed by atoms with Gasteiger partial charge in [-0.1, -0.05) is 23.7 Å². The normalized spacial score (nSPS) is 10.1. The second kappa shape index (κ2) is 7.74. The summed E-state index contributed by atoms with van der Waals surface area (Å²) in [5, 5.41) is 3.46. The Bertz CT molecular complexity index is 660. The van der Waals surface area contributed by atoms with Gasteiger partial charge in [0, 0.05) is 22.8 Å². The predicted octanol–water partition coefficient (Wildman–Crippen LogP) is 3.55. The van der Waals surface area contributed by atoms with Gasteiger partial charge in [-0.05, 0) is 17.7 Å². The van der Waals surface area contributed by atoms with Crippen LogP contribution in [0.15, 0.2) is 36.4 Å². The quantitative estimate of drug-likeness (QED) is 0.877. The highest BCUT2D eigenvalue weighted by Gasteiger charge is 2.14. The number of rotatable bonds is 6. The lowest BCUT2D eigenvalue weighted by Crippen LogP contribution is -2.14. The molecule has 2 rings (SSSR count). The molecule has 0 fully saturated rings. The van der Waals surface area contributed by atoms with Crippen molar-refractivity contribution in [2.75, 3.05) is 26.6 Å². The molecule has 0 aromatic heterocycles. The molecule has 0 spiro atoms. The number of carbonyl (C=O) groups excluding carboxylic acids is 1. The number of hydrogen-bond donors (Lipinski definition) is 1. The lowest BCUT2D eigenvalue weighted by Gasteiger charge is -2.14. The number of nitrogens with one attached hydrogen (secondary N) is 1. The maximum Gasteiger partial charge on any atom is 0.228 e. The number of halogens is 1. The smallest absolute Gasteiger partial charge is 0.228 e. The largest absolute Gasteiger partial charge is 0.493 e. The van der Waals surface area contributed by atoms with Crippen LogP contribution in [0.2, 0.25) is 5.02 Å². The summed E-state index contributed by atoms with van der Waals surface area (Å²) in [6.07, 6.45) is 0.244. The minimum absolute atomic E-state index is 0.151. The van der Waals surface area contributed by atoms with Crippen molar-refractivity contribution >= 4 is 23.2 Å². The van der Waals surface area contributed by atoms with Crippen LogP contribution in [-0.4, -0.2) is 27.2 Å². The van der Waals surface area contributed by atoms with Crippen LogP contribution < -0.4 is 19.5 Å². The van der Waals surface area contributed by atoms with E-state index in [2.05, 4.69) is 5.32 Å². The summed E-state index contributed by atoms with van der Waals surface area (Å²) in [7, 11) is 4.58. The van der Waals surface area contributed by atoms with Crippen LogP contribution in [0, 0.1) is 0 Å². The molecule has 0 aliphatic heterocycles. The van der Waals surface area contributed by atoms with E-state index in [1.54, 1.807) is 24.3 Å². The van der Waals surface area contributed by atoms with Gasteiger partial charge < -0.3 is 19.5 Å². The van der Waals surface area contributed by atoms with Crippen molar-refractivity contribution < 1.29 is 19.0 Å². The molecule has 0 saturated carbocycles. The van der Waals surface area contributed by atoms with Crippen molar-refractivity contribution in [3.8, 4) is 17.2 Å². The minimum Gasteiger partial charge on any atom is -0.493 e. The number of benzene rings is 2. The lowest BCUT2D eigenvalue weighted by atomic mass is 10.1. The van der Waals surface area contributed by atoms with Crippen LogP contribution in [0.3, 0.4) is 0 Å². The Labute approximate surface area is 140 Å². The van der Waals surface area contributed by atoms with Crippen molar-refractivity contribution in [1.82, 2.24) is 0 Å². The Morgan fingerprint density at radius 2 is 1.57 bits per heavy atom. The summed E-state index contributed by atoms with van der Waals surface area (Å²) in [6, 6.07) is 10.5. The Morgan fingerprint density at radius 1 is 1.00 bits per heavy atom. The second-order valence-electron chi connectivity index (χ2n) is 4.77. The number of carbonyl (C=O) groups is 1. The van der Waals surface area contributed by atoms with E-state index >= 15 is 0 Å². The summed E-state index contributed by atoms with van der Waals surface area (Å²) in [4.78, 5) is 12.2. The molecule has 0 heterocycles. The molecular weight excluding hydrogens is 318 g/mol. The minimum atomic E-state index is -0.151. The zero-order valence-electron chi connectivity index (χ0n) is 13.2. The Morgan fingerprint density at radius 3 is 2.04 bits per heavy atom. The highest BCUT2D eigenvalue weighted by atomic mass is 35.5. The molecule has 23 heavy (non-hydrogen) atoms. The van der Waals surface area contributed by atoms with Gasteiger partial charge in [0.05, 0.1) is 27.8 Å². The zero-order chi connectivity index (χ0) is 16.8. The van der Waals surface area contributed by atoms with Gasteiger partial charge in [-0.3, -0.25) is 4.79 Å². The molecule has 0 aliphatic carbocycles. The summed E-state index contributed by atoms with van der Waals surface area (Å²) in [5.74, 6) is 1.29. The molecule has 0 saturated heterocycles. The van der Waals surface area contributed by atoms with Crippen LogP contribution in [0.1, 0.15) is 5.56 Å². The van der Waals surface area contributed by atoms with E-state index < -0.39 is 0 Å². The van der Waals surface area contributed by atoms with E-state index in [1.807, 2.05) is 12.1 Å². The third-order valence-electron chi connectivity index (χ3n) is 3.23. The molecular formula is C17H18ClNO4. The summed E-state index contributed by atoms with van der Waals surface area (Å²) >= 11 is 5.83. The number of methoxy groups -OCH3 is 3. The average molecular weight is 336 g/mol. The van der Waals surface area contributed by atoms with Crippen LogP contribution in [0.4, 0.5) is 5.69 Å². The predicted molar refractivity (Wildman–Crippen MR) is 89.9 cm³/mol. The highest BCUT2D eigenvalue weighted by molar-refractivity contribution is 6.30. The molecule has 0 aliphatic rings. The average Bonchev–Trinajstić information content (AvgIpc) is 2.55. The van der Waals surface area contributed by atoms with Gasteiger partial charge in [0.2, 0.25) is 11.7 Å². The molecule has 0 atom stereocenters. The first kappa shape index (κ1) is 17.0. The maximum absolute atomic E-state index is 12.2. The molecule has 1 amide bonds. The van der Waals surface area contributed by atoms with Gasteiger partial charge >= 0.3 is 0 Å². The Hall–Kier alpha value is -2.40. The Balaban J connectivity index is 2.15. The van der Waals surface area contributed by atoms with Gasteiger partial charge in [-0.15, -0.1) is 0 Å². The molecule has 2 aromatic carbocycles. The molecule has 1 N–H and O–H groups in total.